The average molecular weight is 316 g/mol. The minimum absolute atomic E-state index is 1.24. The summed E-state index contributed by atoms with van der Waals surface area (Å²) in [7, 11) is 4.31. The van der Waals surface area contributed by atoms with E-state index in [1.807, 2.05) is 0 Å². The second-order valence-corrected chi connectivity index (χ2v) is 5.33. The van der Waals surface area contributed by atoms with Crippen LogP contribution >= 0.6 is 15.8 Å². The Kier molecular flexibility index (Phi) is 21.8. The van der Waals surface area contributed by atoms with E-state index in [-0.39, 0.29) is 0 Å². The van der Waals surface area contributed by atoms with Gasteiger partial charge in [0.25, 0.3) is 0 Å². The molecule has 0 atom stereocenters. The van der Waals surface area contributed by atoms with Crippen LogP contribution in [0.25, 0.3) is 0 Å². The van der Waals surface area contributed by atoms with E-state index in [1.165, 1.54) is 70.4 Å². The maximum atomic E-state index is 7.52. The summed E-state index contributed by atoms with van der Waals surface area (Å²) in [5.74, 6) is 1.72. The molecule has 0 aliphatic carbocycles. The van der Waals surface area contributed by atoms with Gasteiger partial charge >= 0.3 is 6.10 Å². The lowest BCUT2D eigenvalue weighted by atomic mass is 10.1. The largest absolute Gasteiger partial charge is 0.342 e. The van der Waals surface area contributed by atoms with Gasteiger partial charge in [0, 0.05) is 5.97 Å². The summed E-state index contributed by atoms with van der Waals surface area (Å²) < 4.78 is 0. The van der Waals surface area contributed by atoms with Crippen LogP contribution in [0, 0.1) is 11.2 Å². The standard InChI is InChI=1S/C13H29N.CBBrN/c1-4-5-6-7-8-9-10-11-12-13-14(2)3;3-2-1-4/h4-13H2,1-3H3;. The maximum Gasteiger partial charge on any atom is 0.342 e. The van der Waals surface area contributed by atoms with Crippen molar-refractivity contribution in [3.05, 3.63) is 0 Å². The molecule has 0 spiro atoms. The highest BCUT2D eigenvalue weighted by Crippen LogP contribution is 2.09. The van der Waals surface area contributed by atoms with Gasteiger partial charge in [-0.05, 0) is 27.1 Å². The second-order valence-electron chi connectivity index (χ2n) is 4.87. The Morgan fingerprint density at radius 3 is 1.67 bits per heavy atom. The molecule has 0 heterocycles. The lowest BCUT2D eigenvalue weighted by Gasteiger charge is -2.08. The molecule has 0 bridgehead atoms. The molecule has 105 valence electrons. The summed E-state index contributed by atoms with van der Waals surface area (Å²) in [6, 6.07) is 0. The van der Waals surface area contributed by atoms with Crippen molar-refractivity contribution in [1.82, 2.24) is 4.90 Å². The third kappa shape index (κ3) is 25.0. The van der Waals surface area contributed by atoms with E-state index in [9.17, 15) is 0 Å². The summed E-state index contributed by atoms with van der Waals surface area (Å²) in [6.45, 7) is 3.54. The molecule has 0 rings (SSSR count). The van der Waals surface area contributed by atoms with Gasteiger partial charge < -0.3 is 4.90 Å². The van der Waals surface area contributed by atoms with Crippen molar-refractivity contribution in [2.75, 3.05) is 20.6 Å². The molecule has 18 heavy (non-hydrogen) atoms. The highest BCUT2D eigenvalue weighted by atomic mass is 79.9. The zero-order chi connectivity index (χ0) is 14.1. The first-order chi connectivity index (χ1) is 8.68. The van der Waals surface area contributed by atoms with Crippen LogP contribution in [0.4, 0.5) is 0 Å². The lowest BCUT2D eigenvalue weighted by Crippen LogP contribution is -2.12. The Morgan fingerprint density at radius 2 is 1.33 bits per heavy atom. The number of nitriles is 1. The van der Waals surface area contributed by atoms with Crippen LogP contribution in [-0.2, 0) is 0 Å². The van der Waals surface area contributed by atoms with Crippen molar-refractivity contribution >= 4 is 21.9 Å². The number of rotatable bonds is 10. The van der Waals surface area contributed by atoms with Crippen LogP contribution in [0.15, 0.2) is 0 Å². The van der Waals surface area contributed by atoms with Gasteiger partial charge in [-0.25, -0.2) is 5.26 Å². The molecule has 0 N–H and O–H groups in total. The summed E-state index contributed by atoms with van der Waals surface area (Å²) in [6.07, 6.45) is 14.1. The minimum Gasteiger partial charge on any atom is -0.309 e. The number of unbranched alkanes of at least 4 members (excludes halogenated alkanes) is 8. The zero-order valence-corrected chi connectivity index (χ0v) is 14.0. The monoisotopic (exact) mass is 315 g/mol. The van der Waals surface area contributed by atoms with Crippen molar-refractivity contribution in [1.29, 1.82) is 5.26 Å². The fraction of sp³-hybridized carbons (Fsp3) is 0.929. The van der Waals surface area contributed by atoms with Gasteiger partial charge in [0.05, 0.1) is 0 Å². The van der Waals surface area contributed by atoms with Gasteiger partial charge in [0.15, 0.2) is 0 Å². The van der Waals surface area contributed by atoms with Gasteiger partial charge in [-0.2, -0.15) is 0 Å². The Labute approximate surface area is 123 Å². The topological polar surface area (TPSA) is 27.0 Å². The molecule has 0 aliphatic heterocycles. The first-order valence-corrected chi connectivity index (χ1v) is 8.06. The quantitative estimate of drug-likeness (QED) is 0.436. The van der Waals surface area contributed by atoms with Crippen LogP contribution in [0.1, 0.15) is 64.7 Å². The van der Waals surface area contributed by atoms with Gasteiger partial charge in [-0.15, -0.1) is 15.8 Å². The van der Waals surface area contributed by atoms with Crippen LogP contribution in [0.2, 0.25) is 0 Å². The number of hydrogen-bond acceptors (Lipinski definition) is 2. The first-order valence-electron chi connectivity index (χ1n) is 7.15. The van der Waals surface area contributed by atoms with E-state index in [0.717, 1.165) is 0 Å². The third-order valence-electron chi connectivity index (χ3n) is 2.76. The summed E-state index contributed by atoms with van der Waals surface area (Å²) in [4.78, 5) is 2.28. The molecule has 0 aromatic rings. The summed E-state index contributed by atoms with van der Waals surface area (Å²) in [5, 5.41) is 7.52. The Balaban J connectivity index is 0. The fourth-order valence-electron chi connectivity index (χ4n) is 1.74. The van der Waals surface area contributed by atoms with E-state index in [0.29, 0.717) is 0 Å². The average Bonchev–Trinajstić information content (AvgIpc) is 2.37. The number of nitrogens with zero attached hydrogens (tertiary/aromatic N) is 2. The fourth-order valence-corrected chi connectivity index (χ4v) is 1.74. The highest BCUT2D eigenvalue weighted by Gasteiger charge is 1.92. The van der Waals surface area contributed by atoms with Crippen molar-refractivity contribution in [2.45, 2.75) is 64.7 Å². The molecule has 0 saturated heterocycles. The van der Waals surface area contributed by atoms with E-state index in [2.05, 4.69) is 41.7 Å². The Morgan fingerprint density at radius 1 is 0.944 bits per heavy atom. The summed E-state index contributed by atoms with van der Waals surface area (Å²) in [5.41, 5.74) is 0. The number of hydrogen-bond donors (Lipinski definition) is 0. The lowest BCUT2D eigenvalue weighted by molar-refractivity contribution is 0.389. The van der Waals surface area contributed by atoms with Crippen LogP contribution in [0.3, 0.4) is 0 Å². The molecule has 1 radical (unpaired) electrons. The van der Waals surface area contributed by atoms with Gasteiger partial charge in [0.2, 0.25) is 0 Å². The molecule has 0 amide bonds. The minimum atomic E-state index is 1.24. The molecule has 0 aromatic heterocycles. The molecule has 0 unspecified atom stereocenters. The van der Waals surface area contributed by atoms with E-state index >= 15 is 0 Å². The molecule has 0 aromatic carbocycles. The maximum absolute atomic E-state index is 7.52. The second kappa shape index (κ2) is 19.3. The highest BCUT2D eigenvalue weighted by molar-refractivity contribution is 9.23. The Bertz CT molecular complexity index is 181. The molecule has 0 saturated carbocycles. The van der Waals surface area contributed by atoms with E-state index < -0.39 is 0 Å². The van der Waals surface area contributed by atoms with Gasteiger partial charge in [-0.1, -0.05) is 58.3 Å². The van der Waals surface area contributed by atoms with Crippen LogP contribution in [-0.4, -0.2) is 31.6 Å². The predicted molar refractivity (Wildman–Crippen MR) is 86.1 cm³/mol. The molecule has 2 nitrogen and oxygen atoms in total. The first kappa shape index (κ1) is 20.3. The summed E-state index contributed by atoms with van der Waals surface area (Å²) >= 11 is 2.76. The molecular formula is C14H29BBrN2. The van der Waals surface area contributed by atoms with Crippen molar-refractivity contribution in [3.63, 3.8) is 0 Å². The van der Waals surface area contributed by atoms with Crippen molar-refractivity contribution < 1.29 is 0 Å². The van der Waals surface area contributed by atoms with Crippen molar-refractivity contribution in [2.24, 2.45) is 0 Å². The third-order valence-corrected chi connectivity index (χ3v) is 2.96. The Hall–Kier alpha value is -0.00506. The zero-order valence-electron chi connectivity index (χ0n) is 12.4. The molecule has 0 aliphatic rings. The SMILES string of the molecule is CCCCCCCCCCCN(C)C.N#C[B]Br. The van der Waals surface area contributed by atoms with Crippen molar-refractivity contribution in [3.8, 4) is 5.97 Å². The smallest absolute Gasteiger partial charge is 0.309 e. The molecule has 4 heteroatoms. The van der Waals surface area contributed by atoms with Gasteiger partial charge in [-0.3, -0.25) is 0 Å². The number of halogens is 1. The van der Waals surface area contributed by atoms with E-state index in [1.54, 1.807) is 5.97 Å². The van der Waals surface area contributed by atoms with E-state index in [4.69, 9.17) is 5.26 Å². The van der Waals surface area contributed by atoms with Crippen LogP contribution < -0.4 is 0 Å². The normalized spacial score (nSPS) is 9.56. The van der Waals surface area contributed by atoms with Crippen LogP contribution in [0.5, 0.6) is 0 Å². The predicted octanol–water partition coefficient (Wildman–Crippen LogP) is 4.56. The van der Waals surface area contributed by atoms with Gasteiger partial charge in [0.1, 0.15) is 0 Å². The molecule has 0 fully saturated rings. The molecular weight excluding hydrogens is 287 g/mol.